The normalized spacial score (nSPS) is 27.1. The molecular weight excluding hydrogens is 298 g/mol. The molecule has 5 heteroatoms. The molecule has 2 aliphatic rings. The molecule has 22 heavy (non-hydrogen) atoms. The summed E-state index contributed by atoms with van der Waals surface area (Å²) in [6.07, 6.45) is 2.91. The van der Waals surface area contributed by atoms with E-state index in [1.54, 1.807) is 4.31 Å². The van der Waals surface area contributed by atoms with Gasteiger partial charge in [-0.3, -0.25) is 0 Å². The van der Waals surface area contributed by atoms with Crippen molar-refractivity contribution in [3.63, 3.8) is 0 Å². The molecular formula is C17H25NO3S. The number of piperidine rings is 1. The van der Waals surface area contributed by atoms with Crippen molar-refractivity contribution in [2.45, 2.75) is 63.5 Å². The van der Waals surface area contributed by atoms with Gasteiger partial charge in [-0.25, -0.2) is 8.42 Å². The second-order valence-electron chi connectivity index (χ2n) is 6.93. The van der Waals surface area contributed by atoms with Gasteiger partial charge < -0.3 is 5.11 Å². The van der Waals surface area contributed by atoms with Crippen molar-refractivity contribution in [2.75, 3.05) is 6.54 Å². The van der Waals surface area contributed by atoms with Gasteiger partial charge in [-0.1, -0.05) is 17.7 Å². The molecule has 1 aromatic carbocycles. The van der Waals surface area contributed by atoms with E-state index in [4.69, 9.17) is 0 Å². The maximum atomic E-state index is 13.2. The number of hydrogen-bond donors (Lipinski definition) is 1. The average molecular weight is 323 g/mol. The number of aliphatic hydroxyl groups excluding tert-OH is 1. The van der Waals surface area contributed by atoms with Gasteiger partial charge in [0.05, 0.1) is 11.0 Å². The lowest BCUT2D eigenvalue weighted by Gasteiger charge is -2.37. The second kappa shape index (κ2) is 5.62. The van der Waals surface area contributed by atoms with E-state index in [0.29, 0.717) is 30.2 Å². The highest BCUT2D eigenvalue weighted by atomic mass is 32.2. The van der Waals surface area contributed by atoms with E-state index < -0.39 is 10.0 Å². The SMILES string of the molecule is Cc1cc(C)c(S(=O)(=O)N2CC[C@@H](O)C[C@@H]2C2CC2)c(C)c1. The molecule has 1 aliphatic heterocycles. The predicted octanol–water partition coefficient (Wildman–Crippen LogP) is 2.54. The molecule has 0 unspecified atom stereocenters. The van der Waals surface area contributed by atoms with E-state index in [2.05, 4.69) is 0 Å². The zero-order chi connectivity index (χ0) is 16.1. The zero-order valence-corrected chi connectivity index (χ0v) is 14.4. The molecule has 1 N–H and O–H groups in total. The maximum Gasteiger partial charge on any atom is 0.243 e. The van der Waals surface area contributed by atoms with Gasteiger partial charge in [-0.15, -0.1) is 0 Å². The summed E-state index contributed by atoms with van der Waals surface area (Å²) < 4.78 is 28.1. The van der Waals surface area contributed by atoms with Gasteiger partial charge in [0.25, 0.3) is 0 Å². The molecule has 4 nitrogen and oxygen atoms in total. The number of aryl methyl sites for hydroxylation is 3. The number of nitrogens with zero attached hydrogens (tertiary/aromatic N) is 1. The summed E-state index contributed by atoms with van der Waals surface area (Å²) in [6.45, 7) is 6.16. The Labute approximate surface area is 133 Å². The highest BCUT2D eigenvalue weighted by Crippen LogP contribution is 2.42. The summed E-state index contributed by atoms with van der Waals surface area (Å²) in [5, 5.41) is 9.93. The fourth-order valence-corrected chi connectivity index (χ4v) is 5.98. The van der Waals surface area contributed by atoms with Crippen LogP contribution in [0.1, 0.15) is 42.4 Å². The van der Waals surface area contributed by atoms with Crippen LogP contribution < -0.4 is 0 Å². The van der Waals surface area contributed by atoms with E-state index in [1.165, 1.54) is 0 Å². The molecule has 1 saturated carbocycles. The molecule has 2 atom stereocenters. The van der Waals surface area contributed by atoms with Crippen molar-refractivity contribution < 1.29 is 13.5 Å². The third-order valence-electron chi connectivity index (χ3n) is 4.90. The van der Waals surface area contributed by atoms with Crippen LogP contribution in [-0.4, -0.2) is 36.5 Å². The molecule has 1 aliphatic carbocycles. The van der Waals surface area contributed by atoms with Crippen LogP contribution in [0, 0.1) is 26.7 Å². The molecule has 1 heterocycles. The Kier molecular flexibility index (Phi) is 4.08. The van der Waals surface area contributed by atoms with Gasteiger partial charge in [-0.05, 0) is 63.5 Å². The van der Waals surface area contributed by atoms with Crippen LogP contribution in [0.25, 0.3) is 0 Å². The summed E-state index contributed by atoms with van der Waals surface area (Å²) in [6, 6.07) is 3.84. The van der Waals surface area contributed by atoms with Gasteiger partial charge in [0, 0.05) is 12.6 Å². The second-order valence-corrected chi connectivity index (χ2v) is 8.75. The van der Waals surface area contributed by atoms with Gasteiger partial charge >= 0.3 is 0 Å². The van der Waals surface area contributed by atoms with Crippen molar-refractivity contribution in [1.82, 2.24) is 4.31 Å². The molecule has 122 valence electrons. The minimum absolute atomic E-state index is 0.0335. The summed E-state index contributed by atoms with van der Waals surface area (Å²) in [4.78, 5) is 0.458. The van der Waals surface area contributed by atoms with Crippen LogP contribution >= 0.6 is 0 Å². The average Bonchev–Trinajstić information content (AvgIpc) is 3.20. The van der Waals surface area contributed by atoms with Crippen molar-refractivity contribution in [2.24, 2.45) is 5.92 Å². The number of aliphatic hydroxyl groups is 1. The molecule has 1 saturated heterocycles. The van der Waals surface area contributed by atoms with Crippen molar-refractivity contribution in [3.8, 4) is 0 Å². The summed E-state index contributed by atoms with van der Waals surface area (Å²) in [5.41, 5.74) is 2.72. The molecule has 0 aromatic heterocycles. The molecule has 0 radical (unpaired) electrons. The number of benzene rings is 1. The summed E-state index contributed by atoms with van der Waals surface area (Å²) in [7, 11) is -3.50. The van der Waals surface area contributed by atoms with Crippen LogP contribution in [0.2, 0.25) is 0 Å². The smallest absolute Gasteiger partial charge is 0.243 e. The van der Waals surface area contributed by atoms with E-state index in [-0.39, 0.29) is 12.1 Å². The van der Waals surface area contributed by atoms with Crippen LogP contribution in [-0.2, 0) is 10.0 Å². The van der Waals surface area contributed by atoms with Crippen LogP contribution in [0.15, 0.2) is 17.0 Å². The fraction of sp³-hybridized carbons (Fsp3) is 0.647. The molecule has 0 bridgehead atoms. The van der Waals surface area contributed by atoms with Crippen molar-refractivity contribution >= 4 is 10.0 Å². The standard InChI is InChI=1S/C17H25NO3S/c1-11-8-12(2)17(13(3)9-11)22(20,21)18-7-6-15(19)10-16(18)14-4-5-14/h8-9,14-16,19H,4-7,10H2,1-3H3/t15-,16-/m1/s1. The molecule has 3 rings (SSSR count). The Bertz CT molecular complexity index is 656. The van der Waals surface area contributed by atoms with Crippen molar-refractivity contribution in [1.29, 1.82) is 0 Å². The van der Waals surface area contributed by atoms with Gasteiger partial charge in [0.15, 0.2) is 0 Å². The third-order valence-corrected chi connectivity index (χ3v) is 7.13. The zero-order valence-electron chi connectivity index (χ0n) is 13.5. The Hall–Kier alpha value is -0.910. The fourth-order valence-electron chi connectivity index (χ4n) is 3.85. The Morgan fingerprint density at radius 3 is 2.23 bits per heavy atom. The molecule has 0 spiro atoms. The lowest BCUT2D eigenvalue weighted by Crippen LogP contribution is -2.48. The first-order valence-corrected chi connectivity index (χ1v) is 9.52. The minimum atomic E-state index is -3.50. The lowest BCUT2D eigenvalue weighted by atomic mass is 9.98. The van der Waals surface area contributed by atoms with Gasteiger partial charge in [0.1, 0.15) is 0 Å². The maximum absolute atomic E-state index is 13.2. The Balaban J connectivity index is 2.02. The van der Waals surface area contributed by atoms with Crippen LogP contribution in [0.3, 0.4) is 0 Å². The molecule has 0 amide bonds. The molecule has 2 fully saturated rings. The van der Waals surface area contributed by atoms with E-state index in [1.807, 2.05) is 32.9 Å². The first-order valence-electron chi connectivity index (χ1n) is 8.08. The Morgan fingerprint density at radius 1 is 1.09 bits per heavy atom. The topological polar surface area (TPSA) is 57.6 Å². The largest absolute Gasteiger partial charge is 0.393 e. The first kappa shape index (κ1) is 16.0. The lowest BCUT2D eigenvalue weighted by molar-refractivity contribution is 0.0735. The predicted molar refractivity (Wildman–Crippen MR) is 86.3 cm³/mol. The third kappa shape index (κ3) is 2.82. The van der Waals surface area contributed by atoms with Crippen LogP contribution in [0.5, 0.6) is 0 Å². The highest BCUT2D eigenvalue weighted by molar-refractivity contribution is 7.89. The van der Waals surface area contributed by atoms with Crippen LogP contribution in [0.4, 0.5) is 0 Å². The summed E-state index contributed by atoms with van der Waals surface area (Å²) >= 11 is 0. The monoisotopic (exact) mass is 323 g/mol. The van der Waals surface area contributed by atoms with E-state index in [9.17, 15) is 13.5 Å². The van der Waals surface area contributed by atoms with E-state index in [0.717, 1.165) is 29.5 Å². The van der Waals surface area contributed by atoms with Gasteiger partial charge in [-0.2, -0.15) is 4.31 Å². The van der Waals surface area contributed by atoms with Crippen molar-refractivity contribution in [3.05, 3.63) is 28.8 Å². The Morgan fingerprint density at radius 2 is 1.68 bits per heavy atom. The highest BCUT2D eigenvalue weighted by Gasteiger charge is 2.44. The summed E-state index contributed by atoms with van der Waals surface area (Å²) in [5.74, 6) is 0.427. The molecule has 1 aromatic rings. The number of hydrogen-bond acceptors (Lipinski definition) is 3. The van der Waals surface area contributed by atoms with E-state index >= 15 is 0 Å². The number of sulfonamides is 1. The quantitative estimate of drug-likeness (QED) is 0.930. The minimum Gasteiger partial charge on any atom is -0.393 e. The number of rotatable bonds is 3. The first-order chi connectivity index (χ1) is 10.3. The van der Waals surface area contributed by atoms with Gasteiger partial charge in [0.2, 0.25) is 10.0 Å².